The van der Waals surface area contributed by atoms with Crippen molar-refractivity contribution in [3.05, 3.63) is 0 Å². The molecule has 0 radical (unpaired) electrons. The molecule has 0 aliphatic carbocycles. The van der Waals surface area contributed by atoms with Crippen LogP contribution in [0.2, 0.25) is 6.04 Å². The van der Waals surface area contributed by atoms with Crippen LogP contribution in [-0.4, -0.2) is 71.2 Å². The van der Waals surface area contributed by atoms with E-state index in [-0.39, 0.29) is 6.61 Å². The average molecular weight is 352 g/mol. The van der Waals surface area contributed by atoms with Crippen molar-refractivity contribution in [1.29, 1.82) is 5.41 Å². The van der Waals surface area contributed by atoms with Gasteiger partial charge in [0.25, 0.3) is 0 Å². The molecule has 1 aliphatic heterocycles. The second-order valence-corrected chi connectivity index (χ2v) is 8.90. The summed E-state index contributed by atoms with van der Waals surface area (Å²) in [4.78, 5) is 0. The molecule has 0 spiro atoms. The van der Waals surface area contributed by atoms with Gasteiger partial charge >= 0.3 is 8.80 Å². The molecule has 1 unspecified atom stereocenters. The first-order valence-electron chi connectivity index (χ1n) is 6.99. The number of amidine groups is 1. The fraction of sp³-hybridized carbons (Fsp3) is 0.833. The lowest BCUT2D eigenvalue weighted by Gasteiger charge is -2.24. The third-order valence-corrected chi connectivity index (χ3v) is 7.05. The van der Waals surface area contributed by atoms with Crippen molar-refractivity contribution in [2.45, 2.75) is 25.0 Å². The number of aliphatic hydroxyl groups is 1. The van der Waals surface area contributed by atoms with Gasteiger partial charge in [0, 0.05) is 39.7 Å². The first-order chi connectivity index (χ1) is 10.5. The Morgan fingerprint density at radius 3 is 2.59 bits per heavy atom. The van der Waals surface area contributed by atoms with Crippen LogP contribution < -0.4 is 5.43 Å². The van der Waals surface area contributed by atoms with E-state index >= 15 is 0 Å². The minimum absolute atomic E-state index is 0.270. The van der Waals surface area contributed by atoms with Crippen molar-refractivity contribution in [2.24, 2.45) is 5.10 Å². The first kappa shape index (κ1) is 19.6. The SMILES string of the molecule is CO[Si](CCCOCC(O)CSC1=NNC(=N)C1)(OC)OC. The second kappa shape index (κ2) is 10.3. The van der Waals surface area contributed by atoms with E-state index in [4.69, 9.17) is 23.4 Å². The van der Waals surface area contributed by atoms with E-state index in [1.807, 2.05) is 0 Å². The number of hydrogen-bond donors (Lipinski definition) is 3. The molecule has 0 saturated carbocycles. The molecule has 0 amide bonds. The molecule has 3 N–H and O–H groups in total. The summed E-state index contributed by atoms with van der Waals surface area (Å²) in [6, 6.07) is 0.673. The van der Waals surface area contributed by atoms with Gasteiger partial charge in [-0.25, -0.2) is 0 Å². The highest BCUT2D eigenvalue weighted by atomic mass is 32.2. The van der Waals surface area contributed by atoms with Gasteiger partial charge in [-0.05, 0) is 6.42 Å². The van der Waals surface area contributed by atoms with Crippen molar-refractivity contribution in [3.8, 4) is 0 Å². The molecule has 1 aliphatic rings. The Kier molecular flexibility index (Phi) is 9.17. The number of hydrazone groups is 1. The number of aliphatic hydroxyl groups excluding tert-OH is 1. The lowest BCUT2D eigenvalue weighted by atomic mass is 10.4. The standard InChI is InChI=1S/C12H25N3O5SSi/c1-17-22(18-2,19-3)6-4-5-20-8-10(16)9-21-12-7-11(13)14-15-12/h10,16H,4-9H2,1-3H3,(H2,13,14). The van der Waals surface area contributed by atoms with E-state index in [1.54, 1.807) is 21.3 Å². The lowest BCUT2D eigenvalue weighted by molar-refractivity contribution is 0.0462. The Balaban J connectivity index is 2.07. The zero-order valence-electron chi connectivity index (χ0n) is 13.3. The highest BCUT2D eigenvalue weighted by Crippen LogP contribution is 2.15. The van der Waals surface area contributed by atoms with Crippen LogP contribution in [0.1, 0.15) is 12.8 Å². The fourth-order valence-corrected chi connectivity index (χ4v) is 4.38. The summed E-state index contributed by atoms with van der Waals surface area (Å²) in [5, 5.41) is 22.0. The maximum atomic E-state index is 9.83. The maximum absolute atomic E-state index is 9.83. The zero-order chi connectivity index (χ0) is 16.4. The highest BCUT2D eigenvalue weighted by molar-refractivity contribution is 8.14. The summed E-state index contributed by atoms with van der Waals surface area (Å²) in [6.07, 6.45) is 0.697. The van der Waals surface area contributed by atoms with Crippen LogP contribution in [0, 0.1) is 5.41 Å². The number of rotatable bonds is 11. The monoisotopic (exact) mass is 351 g/mol. The highest BCUT2D eigenvalue weighted by Gasteiger charge is 2.36. The molecule has 22 heavy (non-hydrogen) atoms. The number of hydrogen-bond acceptors (Lipinski definition) is 8. The predicted octanol–water partition coefficient (Wildman–Crippen LogP) is 0.649. The van der Waals surface area contributed by atoms with E-state index in [1.165, 1.54) is 11.8 Å². The van der Waals surface area contributed by atoms with Crippen LogP contribution in [0.15, 0.2) is 5.10 Å². The lowest BCUT2D eigenvalue weighted by Crippen LogP contribution is -2.42. The van der Waals surface area contributed by atoms with Gasteiger partial charge in [0.1, 0.15) is 10.9 Å². The number of thioether (sulfide) groups is 1. The molecule has 10 heteroatoms. The van der Waals surface area contributed by atoms with Gasteiger partial charge in [0.15, 0.2) is 0 Å². The summed E-state index contributed by atoms with van der Waals surface area (Å²) in [7, 11) is 2.23. The predicted molar refractivity (Wildman–Crippen MR) is 88.4 cm³/mol. The molecule has 128 valence electrons. The smallest absolute Gasteiger partial charge is 0.390 e. The molecule has 0 fully saturated rings. The summed E-state index contributed by atoms with van der Waals surface area (Å²) >= 11 is 1.44. The van der Waals surface area contributed by atoms with Crippen molar-refractivity contribution >= 4 is 31.4 Å². The van der Waals surface area contributed by atoms with Gasteiger partial charge in [-0.1, -0.05) is 0 Å². The normalized spacial score (nSPS) is 16.5. The van der Waals surface area contributed by atoms with Crippen molar-refractivity contribution in [1.82, 2.24) is 5.43 Å². The Hall–Kier alpha value is -0.493. The molecule has 0 aromatic carbocycles. The number of nitrogens with one attached hydrogen (secondary N) is 2. The Morgan fingerprint density at radius 2 is 2.05 bits per heavy atom. The number of nitrogens with zero attached hydrogens (tertiary/aromatic N) is 1. The molecule has 8 nitrogen and oxygen atoms in total. The van der Waals surface area contributed by atoms with Crippen molar-refractivity contribution in [2.75, 3.05) is 40.3 Å². The third-order valence-electron chi connectivity index (χ3n) is 3.10. The Bertz CT molecular complexity index is 374. The van der Waals surface area contributed by atoms with Crippen molar-refractivity contribution in [3.63, 3.8) is 0 Å². The van der Waals surface area contributed by atoms with Gasteiger partial charge < -0.3 is 23.1 Å². The molecule has 0 aromatic heterocycles. The molecule has 0 bridgehead atoms. The molecule has 0 aromatic rings. The maximum Gasteiger partial charge on any atom is 0.500 e. The average Bonchev–Trinajstić information content (AvgIpc) is 2.95. The molecule has 1 atom stereocenters. The Morgan fingerprint density at radius 1 is 1.36 bits per heavy atom. The molecular formula is C12H25N3O5SSi. The van der Waals surface area contributed by atoms with E-state index in [0.717, 1.165) is 11.5 Å². The van der Waals surface area contributed by atoms with Crippen molar-refractivity contribution < 1.29 is 23.1 Å². The van der Waals surface area contributed by atoms with Gasteiger partial charge in [-0.3, -0.25) is 10.8 Å². The van der Waals surface area contributed by atoms with Crippen LogP contribution in [0.4, 0.5) is 0 Å². The summed E-state index contributed by atoms with van der Waals surface area (Å²) in [5.41, 5.74) is 2.59. The topological polar surface area (TPSA) is 105 Å². The van der Waals surface area contributed by atoms with E-state index in [9.17, 15) is 5.11 Å². The van der Waals surface area contributed by atoms with Crippen LogP contribution >= 0.6 is 11.8 Å². The van der Waals surface area contributed by atoms with Gasteiger partial charge in [0.05, 0.1) is 19.1 Å². The van der Waals surface area contributed by atoms with E-state index < -0.39 is 14.9 Å². The Labute approximate surface area is 136 Å². The van der Waals surface area contributed by atoms with E-state index in [2.05, 4.69) is 10.5 Å². The zero-order valence-corrected chi connectivity index (χ0v) is 15.1. The summed E-state index contributed by atoms with van der Waals surface area (Å²) in [6.45, 7) is 0.784. The molecule has 0 saturated heterocycles. The van der Waals surface area contributed by atoms with E-state index in [0.29, 0.717) is 30.7 Å². The molecule has 1 heterocycles. The quantitative estimate of drug-likeness (QED) is 0.371. The van der Waals surface area contributed by atoms with Gasteiger partial charge in [-0.15, -0.1) is 11.8 Å². The van der Waals surface area contributed by atoms with Crippen LogP contribution in [0.25, 0.3) is 0 Å². The number of ether oxygens (including phenoxy) is 1. The fourth-order valence-electron chi connectivity index (χ4n) is 1.85. The third kappa shape index (κ3) is 6.73. The summed E-state index contributed by atoms with van der Waals surface area (Å²) in [5.74, 6) is 0.885. The van der Waals surface area contributed by atoms with Crippen LogP contribution in [0.5, 0.6) is 0 Å². The minimum Gasteiger partial charge on any atom is -0.390 e. The summed E-state index contributed by atoms with van der Waals surface area (Å²) < 4.78 is 21.4. The van der Waals surface area contributed by atoms with Crippen LogP contribution in [0.3, 0.4) is 0 Å². The largest absolute Gasteiger partial charge is 0.500 e. The first-order valence-corrected chi connectivity index (χ1v) is 9.91. The van der Waals surface area contributed by atoms with Gasteiger partial charge in [-0.2, -0.15) is 5.10 Å². The minimum atomic E-state index is -2.52. The van der Waals surface area contributed by atoms with Crippen LogP contribution in [-0.2, 0) is 18.0 Å². The second-order valence-electron chi connectivity index (χ2n) is 4.71. The van der Waals surface area contributed by atoms with Gasteiger partial charge in [0.2, 0.25) is 0 Å². The molecular weight excluding hydrogens is 326 g/mol. The molecule has 1 rings (SSSR count).